The Bertz CT molecular complexity index is 165. The lowest BCUT2D eigenvalue weighted by molar-refractivity contribution is 0.00550. The Labute approximate surface area is 78.9 Å². The third-order valence-electron chi connectivity index (χ3n) is 3.37. The van der Waals surface area contributed by atoms with Crippen molar-refractivity contribution in [3.05, 3.63) is 0 Å². The molecule has 0 aromatic carbocycles. The molecule has 12 heavy (non-hydrogen) atoms. The first-order valence-corrected chi connectivity index (χ1v) is 6.09. The molecule has 1 aliphatic heterocycles. The Balaban J connectivity index is 2.00. The summed E-state index contributed by atoms with van der Waals surface area (Å²) < 4.78 is 0. The van der Waals surface area contributed by atoms with Crippen molar-refractivity contribution in [3.8, 4) is 0 Å². The van der Waals surface area contributed by atoms with Gasteiger partial charge in [0.15, 0.2) is 0 Å². The molecule has 2 heteroatoms. The molecule has 2 fully saturated rings. The van der Waals surface area contributed by atoms with Gasteiger partial charge in [0.1, 0.15) is 0 Å². The minimum Gasteiger partial charge on any atom is -0.389 e. The van der Waals surface area contributed by atoms with E-state index < -0.39 is 0 Å². The molecule has 0 radical (unpaired) electrons. The van der Waals surface area contributed by atoms with Crippen LogP contribution in [0.4, 0.5) is 0 Å². The minimum absolute atomic E-state index is 0.291. The summed E-state index contributed by atoms with van der Waals surface area (Å²) in [5, 5.41) is 11.0. The quantitative estimate of drug-likeness (QED) is 0.678. The summed E-state index contributed by atoms with van der Waals surface area (Å²) in [6, 6.07) is 0. The first-order chi connectivity index (χ1) is 5.71. The van der Waals surface area contributed by atoms with Crippen LogP contribution in [-0.4, -0.2) is 21.7 Å². The maximum atomic E-state index is 10.3. The Kier molecular flexibility index (Phi) is 2.39. The summed E-state index contributed by atoms with van der Waals surface area (Å²) in [5.41, 5.74) is -0.291. The fraction of sp³-hybridized carbons (Fsp3) is 1.00. The van der Waals surface area contributed by atoms with E-state index in [0.29, 0.717) is 11.2 Å². The third kappa shape index (κ3) is 1.51. The SMILES string of the molecule is CC1CC(O)(C2CCCC2)CS1. The second kappa shape index (κ2) is 3.22. The van der Waals surface area contributed by atoms with Gasteiger partial charge in [-0.05, 0) is 25.2 Å². The van der Waals surface area contributed by atoms with Gasteiger partial charge in [-0.25, -0.2) is 0 Å². The Morgan fingerprint density at radius 3 is 2.50 bits per heavy atom. The highest BCUT2D eigenvalue weighted by Gasteiger charge is 2.43. The molecular weight excluding hydrogens is 168 g/mol. The van der Waals surface area contributed by atoms with Crippen LogP contribution >= 0.6 is 11.8 Å². The molecular formula is C10H18OS. The van der Waals surface area contributed by atoms with Crippen molar-refractivity contribution in [2.24, 2.45) is 5.92 Å². The van der Waals surface area contributed by atoms with Crippen molar-refractivity contribution < 1.29 is 5.11 Å². The molecule has 0 amide bonds. The highest BCUT2D eigenvalue weighted by Crippen LogP contribution is 2.44. The van der Waals surface area contributed by atoms with Crippen LogP contribution in [0.25, 0.3) is 0 Å². The second-order valence-corrected chi connectivity index (χ2v) is 5.84. The zero-order valence-electron chi connectivity index (χ0n) is 7.75. The van der Waals surface area contributed by atoms with Crippen molar-refractivity contribution in [1.82, 2.24) is 0 Å². The van der Waals surface area contributed by atoms with Crippen LogP contribution in [0.2, 0.25) is 0 Å². The monoisotopic (exact) mass is 186 g/mol. The predicted octanol–water partition coefficient (Wildman–Crippen LogP) is 2.43. The van der Waals surface area contributed by atoms with E-state index in [9.17, 15) is 5.11 Å². The van der Waals surface area contributed by atoms with Crippen molar-refractivity contribution in [3.63, 3.8) is 0 Å². The van der Waals surface area contributed by atoms with Crippen LogP contribution in [0, 0.1) is 5.92 Å². The largest absolute Gasteiger partial charge is 0.389 e. The summed E-state index contributed by atoms with van der Waals surface area (Å²) in [7, 11) is 0. The second-order valence-electron chi connectivity index (χ2n) is 4.41. The van der Waals surface area contributed by atoms with E-state index in [2.05, 4.69) is 6.92 Å². The van der Waals surface area contributed by atoms with Gasteiger partial charge in [-0.2, -0.15) is 11.8 Å². The Morgan fingerprint density at radius 2 is 2.00 bits per heavy atom. The van der Waals surface area contributed by atoms with Crippen molar-refractivity contribution >= 4 is 11.8 Å². The van der Waals surface area contributed by atoms with E-state index >= 15 is 0 Å². The van der Waals surface area contributed by atoms with Crippen LogP contribution in [0.3, 0.4) is 0 Å². The van der Waals surface area contributed by atoms with E-state index in [0.717, 1.165) is 12.2 Å². The van der Waals surface area contributed by atoms with Gasteiger partial charge in [-0.1, -0.05) is 19.8 Å². The molecule has 2 rings (SSSR count). The molecule has 1 saturated heterocycles. The smallest absolute Gasteiger partial charge is 0.0776 e. The third-order valence-corrected chi connectivity index (χ3v) is 4.78. The lowest BCUT2D eigenvalue weighted by Gasteiger charge is -2.28. The molecule has 70 valence electrons. The summed E-state index contributed by atoms with van der Waals surface area (Å²) in [4.78, 5) is 0. The van der Waals surface area contributed by atoms with E-state index in [-0.39, 0.29) is 5.60 Å². The summed E-state index contributed by atoms with van der Waals surface area (Å²) in [5.74, 6) is 1.61. The highest BCUT2D eigenvalue weighted by atomic mass is 32.2. The lowest BCUT2D eigenvalue weighted by atomic mass is 9.84. The molecule has 1 heterocycles. The van der Waals surface area contributed by atoms with Crippen LogP contribution in [0.15, 0.2) is 0 Å². The van der Waals surface area contributed by atoms with E-state index in [1.54, 1.807) is 0 Å². The van der Waals surface area contributed by atoms with Gasteiger partial charge in [0, 0.05) is 11.0 Å². The Morgan fingerprint density at radius 1 is 1.33 bits per heavy atom. The first-order valence-electron chi connectivity index (χ1n) is 5.05. The average molecular weight is 186 g/mol. The van der Waals surface area contributed by atoms with Crippen LogP contribution in [0.1, 0.15) is 39.0 Å². The number of hydrogen-bond acceptors (Lipinski definition) is 2. The van der Waals surface area contributed by atoms with E-state index in [1.807, 2.05) is 11.8 Å². The number of hydrogen-bond donors (Lipinski definition) is 1. The van der Waals surface area contributed by atoms with E-state index in [1.165, 1.54) is 25.7 Å². The fourth-order valence-corrected chi connectivity index (χ4v) is 3.98. The number of aliphatic hydroxyl groups is 1. The molecule has 1 aliphatic carbocycles. The van der Waals surface area contributed by atoms with E-state index in [4.69, 9.17) is 0 Å². The summed E-state index contributed by atoms with van der Waals surface area (Å²) in [6.07, 6.45) is 6.24. The van der Waals surface area contributed by atoms with Crippen LogP contribution < -0.4 is 0 Å². The fourth-order valence-electron chi connectivity index (χ4n) is 2.65. The molecule has 2 atom stereocenters. The van der Waals surface area contributed by atoms with Gasteiger partial charge < -0.3 is 5.11 Å². The minimum atomic E-state index is -0.291. The van der Waals surface area contributed by atoms with Gasteiger partial charge >= 0.3 is 0 Å². The molecule has 0 aromatic heterocycles. The molecule has 1 N–H and O–H groups in total. The maximum Gasteiger partial charge on any atom is 0.0776 e. The molecule has 2 unspecified atom stereocenters. The lowest BCUT2D eigenvalue weighted by Crippen LogP contribution is -2.36. The van der Waals surface area contributed by atoms with Crippen LogP contribution in [-0.2, 0) is 0 Å². The summed E-state index contributed by atoms with van der Waals surface area (Å²) in [6.45, 7) is 2.23. The molecule has 1 saturated carbocycles. The normalized spacial score (nSPS) is 44.0. The zero-order chi connectivity index (χ0) is 8.60. The average Bonchev–Trinajstić information content (AvgIpc) is 2.59. The highest BCUT2D eigenvalue weighted by molar-refractivity contribution is 8.00. The van der Waals surface area contributed by atoms with Crippen LogP contribution in [0.5, 0.6) is 0 Å². The maximum absolute atomic E-state index is 10.3. The molecule has 0 aromatic rings. The molecule has 0 spiro atoms. The number of thioether (sulfide) groups is 1. The molecule has 2 aliphatic rings. The molecule has 0 bridgehead atoms. The van der Waals surface area contributed by atoms with Crippen molar-refractivity contribution in [2.75, 3.05) is 5.75 Å². The van der Waals surface area contributed by atoms with Gasteiger partial charge in [-0.3, -0.25) is 0 Å². The topological polar surface area (TPSA) is 20.2 Å². The predicted molar refractivity (Wildman–Crippen MR) is 53.4 cm³/mol. The van der Waals surface area contributed by atoms with Gasteiger partial charge in [0.05, 0.1) is 5.60 Å². The molecule has 1 nitrogen and oxygen atoms in total. The Hall–Kier alpha value is 0.310. The first kappa shape index (κ1) is 8.89. The van der Waals surface area contributed by atoms with Crippen molar-refractivity contribution in [2.45, 2.75) is 49.9 Å². The summed E-state index contributed by atoms with van der Waals surface area (Å²) >= 11 is 1.94. The van der Waals surface area contributed by atoms with Gasteiger partial charge in [0.25, 0.3) is 0 Å². The van der Waals surface area contributed by atoms with Gasteiger partial charge in [-0.15, -0.1) is 0 Å². The number of rotatable bonds is 1. The zero-order valence-corrected chi connectivity index (χ0v) is 8.57. The van der Waals surface area contributed by atoms with Crippen molar-refractivity contribution in [1.29, 1.82) is 0 Å². The standard InChI is InChI=1S/C10H18OS/c1-8-6-10(11,7-12-8)9-4-2-3-5-9/h8-9,11H,2-7H2,1H3. The van der Waals surface area contributed by atoms with Gasteiger partial charge in [0.2, 0.25) is 0 Å².